The summed E-state index contributed by atoms with van der Waals surface area (Å²) in [5.41, 5.74) is 2.62. The number of carbonyl (C=O) groups is 2. The molecule has 152 valence electrons. The van der Waals surface area contributed by atoms with E-state index in [1.54, 1.807) is 48.5 Å². The minimum atomic E-state index is -0.360. The summed E-state index contributed by atoms with van der Waals surface area (Å²) in [5.74, 6) is -0.532. The van der Waals surface area contributed by atoms with Crippen molar-refractivity contribution in [2.75, 3.05) is 5.32 Å². The Morgan fingerprint density at radius 2 is 1.57 bits per heavy atom. The number of hydrogen-bond donors (Lipinski definition) is 3. The van der Waals surface area contributed by atoms with E-state index in [-0.39, 0.29) is 23.0 Å². The van der Waals surface area contributed by atoms with Crippen molar-refractivity contribution in [3.05, 3.63) is 101 Å². The molecule has 3 aromatic rings. The first kappa shape index (κ1) is 21.5. The van der Waals surface area contributed by atoms with Crippen LogP contribution in [0.1, 0.15) is 39.2 Å². The standard InChI is InChI=1S/C23H20ClN3O2S/c1-15(16-6-3-2-4-7-16)25-21(28)17-10-12-20(13-11-17)26-23(30)27-22(29)18-8-5-9-19(24)14-18/h2-15H,1H3,(H,25,28)(H2,26,27,29,30). The van der Waals surface area contributed by atoms with Crippen LogP contribution in [0.3, 0.4) is 0 Å². The van der Waals surface area contributed by atoms with E-state index < -0.39 is 0 Å². The third-order valence-electron chi connectivity index (χ3n) is 4.37. The number of thiocarbonyl (C=S) groups is 1. The summed E-state index contributed by atoms with van der Waals surface area (Å²) in [5, 5.41) is 9.11. The van der Waals surface area contributed by atoms with Crippen LogP contribution in [0.15, 0.2) is 78.9 Å². The second-order valence-electron chi connectivity index (χ2n) is 6.60. The Hall–Kier alpha value is -3.22. The molecule has 30 heavy (non-hydrogen) atoms. The molecule has 0 saturated heterocycles. The molecule has 1 atom stereocenters. The molecule has 0 saturated carbocycles. The van der Waals surface area contributed by atoms with E-state index in [2.05, 4.69) is 16.0 Å². The summed E-state index contributed by atoms with van der Waals surface area (Å²) >= 11 is 11.1. The molecular formula is C23H20ClN3O2S. The summed E-state index contributed by atoms with van der Waals surface area (Å²) in [4.78, 5) is 24.7. The average Bonchev–Trinajstić information content (AvgIpc) is 2.74. The van der Waals surface area contributed by atoms with Gasteiger partial charge in [0.05, 0.1) is 6.04 Å². The Balaban J connectivity index is 1.55. The van der Waals surface area contributed by atoms with E-state index >= 15 is 0 Å². The molecule has 3 aromatic carbocycles. The van der Waals surface area contributed by atoms with E-state index in [1.165, 1.54) is 0 Å². The Morgan fingerprint density at radius 3 is 2.23 bits per heavy atom. The van der Waals surface area contributed by atoms with E-state index in [0.29, 0.717) is 21.8 Å². The highest BCUT2D eigenvalue weighted by molar-refractivity contribution is 7.80. The molecule has 5 nitrogen and oxygen atoms in total. The maximum Gasteiger partial charge on any atom is 0.257 e. The van der Waals surface area contributed by atoms with Crippen molar-refractivity contribution in [1.82, 2.24) is 10.6 Å². The molecule has 7 heteroatoms. The van der Waals surface area contributed by atoms with Gasteiger partial charge in [0.15, 0.2) is 5.11 Å². The van der Waals surface area contributed by atoms with Crippen molar-refractivity contribution in [2.45, 2.75) is 13.0 Å². The smallest absolute Gasteiger partial charge is 0.257 e. The van der Waals surface area contributed by atoms with Gasteiger partial charge in [0.25, 0.3) is 11.8 Å². The highest BCUT2D eigenvalue weighted by Crippen LogP contribution is 2.14. The van der Waals surface area contributed by atoms with Crippen LogP contribution in [0, 0.1) is 0 Å². The van der Waals surface area contributed by atoms with Crippen molar-refractivity contribution in [3.8, 4) is 0 Å². The largest absolute Gasteiger partial charge is 0.346 e. The number of amides is 2. The first-order valence-electron chi connectivity index (χ1n) is 9.26. The first-order chi connectivity index (χ1) is 14.4. The molecule has 0 radical (unpaired) electrons. The topological polar surface area (TPSA) is 70.2 Å². The molecule has 0 fully saturated rings. The summed E-state index contributed by atoms with van der Waals surface area (Å²) < 4.78 is 0. The third-order valence-corrected chi connectivity index (χ3v) is 4.81. The SMILES string of the molecule is CC(NC(=O)c1ccc(NC(=S)NC(=O)c2cccc(Cl)c2)cc1)c1ccccc1. The van der Waals surface area contributed by atoms with Crippen molar-refractivity contribution >= 4 is 46.4 Å². The van der Waals surface area contributed by atoms with Gasteiger partial charge in [0, 0.05) is 21.8 Å². The fourth-order valence-corrected chi connectivity index (χ4v) is 3.18. The second kappa shape index (κ2) is 10.0. The van der Waals surface area contributed by atoms with Gasteiger partial charge in [-0.25, -0.2) is 0 Å². The Kier molecular flexibility index (Phi) is 7.17. The molecule has 0 aromatic heterocycles. The molecule has 3 rings (SSSR count). The molecular weight excluding hydrogens is 418 g/mol. The van der Waals surface area contributed by atoms with Gasteiger partial charge in [0.1, 0.15) is 0 Å². The van der Waals surface area contributed by atoms with Crippen LogP contribution in [0.2, 0.25) is 5.02 Å². The lowest BCUT2D eigenvalue weighted by atomic mass is 10.1. The van der Waals surface area contributed by atoms with Crippen LogP contribution in [0.5, 0.6) is 0 Å². The monoisotopic (exact) mass is 437 g/mol. The third kappa shape index (κ3) is 5.89. The molecule has 0 aliphatic heterocycles. The molecule has 1 unspecified atom stereocenters. The van der Waals surface area contributed by atoms with Crippen LogP contribution in [0.25, 0.3) is 0 Å². The number of nitrogens with one attached hydrogen (secondary N) is 3. The average molecular weight is 438 g/mol. The van der Waals surface area contributed by atoms with Gasteiger partial charge in [-0.1, -0.05) is 48.0 Å². The van der Waals surface area contributed by atoms with E-state index in [4.69, 9.17) is 23.8 Å². The number of hydrogen-bond acceptors (Lipinski definition) is 3. The van der Waals surface area contributed by atoms with Gasteiger partial charge >= 0.3 is 0 Å². The summed E-state index contributed by atoms with van der Waals surface area (Å²) in [6.07, 6.45) is 0. The predicted molar refractivity (Wildman–Crippen MR) is 124 cm³/mol. The van der Waals surface area contributed by atoms with Crippen LogP contribution < -0.4 is 16.0 Å². The minimum Gasteiger partial charge on any atom is -0.346 e. The molecule has 0 aliphatic carbocycles. The zero-order valence-corrected chi connectivity index (χ0v) is 17.8. The molecule has 0 spiro atoms. The van der Waals surface area contributed by atoms with Gasteiger partial charge < -0.3 is 10.6 Å². The minimum absolute atomic E-state index is 0.106. The normalized spacial score (nSPS) is 11.3. The maximum absolute atomic E-state index is 12.5. The first-order valence-corrected chi connectivity index (χ1v) is 10.0. The van der Waals surface area contributed by atoms with E-state index in [9.17, 15) is 9.59 Å². The predicted octanol–water partition coefficient (Wildman–Crippen LogP) is 4.96. The van der Waals surface area contributed by atoms with Crippen molar-refractivity contribution in [1.29, 1.82) is 0 Å². The molecule has 3 N–H and O–H groups in total. The Labute approximate surface area is 185 Å². The number of anilines is 1. The van der Waals surface area contributed by atoms with E-state index in [0.717, 1.165) is 5.56 Å². The summed E-state index contributed by atoms with van der Waals surface area (Å²) in [7, 11) is 0. The lowest BCUT2D eigenvalue weighted by Crippen LogP contribution is -2.34. The fraction of sp³-hybridized carbons (Fsp3) is 0.0870. The van der Waals surface area contributed by atoms with Crippen LogP contribution in [-0.2, 0) is 0 Å². The molecule has 0 heterocycles. The Morgan fingerprint density at radius 1 is 0.867 bits per heavy atom. The van der Waals surface area contributed by atoms with Crippen molar-refractivity contribution < 1.29 is 9.59 Å². The summed E-state index contributed by atoms with van der Waals surface area (Å²) in [6.45, 7) is 1.93. The quantitative estimate of drug-likeness (QED) is 0.493. The van der Waals surface area contributed by atoms with Crippen molar-refractivity contribution in [2.24, 2.45) is 0 Å². The van der Waals surface area contributed by atoms with Crippen molar-refractivity contribution in [3.63, 3.8) is 0 Å². The second-order valence-corrected chi connectivity index (χ2v) is 7.45. The van der Waals surface area contributed by atoms with E-state index in [1.807, 2.05) is 37.3 Å². The number of halogens is 1. The lowest BCUT2D eigenvalue weighted by Gasteiger charge is -2.15. The van der Waals surface area contributed by atoms with Gasteiger partial charge in [-0.2, -0.15) is 0 Å². The Bertz CT molecular complexity index is 1060. The highest BCUT2D eigenvalue weighted by Gasteiger charge is 2.12. The molecule has 0 aliphatic rings. The highest BCUT2D eigenvalue weighted by atomic mass is 35.5. The summed E-state index contributed by atoms with van der Waals surface area (Å²) in [6, 6.07) is 23.1. The van der Waals surface area contributed by atoms with Crippen LogP contribution >= 0.6 is 23.8 Å². The number of benzene rings is 3. The molecule has 0 bridgehead atoms. The van der Waals surface area contributed by atoms with Crippen LogP contribution in [-0.4, -0.2) is 16.9 Å². The van der Waals surface area contributed by atoms with Gasteiger partial charge in [-0.15, -0.1) is 0 Å². The zero-order chi connectivity index (χ0) is 21.5. The lowest BCUT2D eigenvalue weighted by molar-refractivity contribution is 0.0938. The van der Waals surface area contributed by atoms with Gasteiger partial charge in [-0.05, 0) is 67.2 Å². The van der Waals surface area contributed by atoms with Gasteiger partial charge in [0.2, 0.25) is 0 Å². The fourth-order valence-electron chi connectivity index (χ4n) is 2.78. The van der Waals surface area contributed by atoms with Gasteiger partial charge in [-0.3, -0.25) is 14.9 Å². The van der Waals surface area contributed by atoms with Crippen LogP contribution in [0.4, 0.5) is 5.69 Å². The number of carbonyl (C=O) groups excluding carboxylic acids is 2. The molecule has 2 amide bonds. The zero-order valence-electron chi connectivity index (χ0n) is 16.2. The number of rotatable bonds is 5. The maximum atomic E-state index is 12.5.